The van der Waals surface area contributed by atoms with E-state index in [1.807, 2.05) is 48.5 Å². The number of benzene rings is 3. The fourth-order valence-corrected chi connectivity index (χ4v) is 4.17. The van der Waals surface area contributed by atoms with Gasteiger partial charge in [-0.1, -0.05) is 50.1 Å². The Bertz CT molecular complexity index is 1170. The van der Waals surface area contributed by atoms with Crippen LogP contribution in [0.25, 0.3) is 0 Å². The first kappa shape index (κ1) is 31.1. The standard InChI is InChI=1S/C32H42N2O6/c1-2-3-4-15-34-32(38)27-7-5-6-25(19-27)23-39-17-18-40-29-11-8-24(9-12-29)14-16-33-21-31(37)26-10-13-30(36)28(20-26)22-35/h5-13,19-20,31,33,35-37H,2-4,14-18,21-23H2,1H3,(H,34,38)/t31-/m1/s1. The molecule has 0 saturated carbocycles. The smallest absolute Gasteiger partial charge is 0.251 e. The third kappa shape index (κ3) is 10.6. The Kier molecular flexibility index (Phi) is 13.5. The van der Waals surface area contributed by atoms with Gasteiger partial charge in [0.15, 0.2) is 0 Å². The summed E-state index contributed by atoms with van der Waals surface area (Å²) in [5, 5.41) is 35.5. The lowest BCUT2D eigenvalue weighted by molar-refractivity contribution is 0.0886. The summed E-state index contributed by atoms with van der Waals surface area (Å²) in [4.78, 5) is 12.3. The summed E-state index contributed by atoms with van der Waals surface area (Å²) in [6.07, 6.45) is 3.30. The number of aliphatic hydroxyl groups is 2. The zero-order chi connectivity index (χ0) is 28.6. The lowest BCUT2D eigenvalue weighted by atomic mass is 10.1. The van der Waals surface area contributed by atoms with Gasteiger partial charge < -0.3 is 35.4 Å². The Morgan fingerprint density at radius 3 is 2.55 bits per heavy atom. The summed E-state index contributed by atoms with van der Waals surface area (Å²) in [6, 6.07) is 20.1. The second-order valence-corrected chi connectivity index (χ2v) is 9.72. The molecule has 3 aromatic rings. The number of carbonyl (C=O) groups is 1. The number of carbonyl (C=O) groups excluding carboxylic acids is 1. The van der Waals surface area contributed by atoms with Crippen molar-refractivity contribution < 1.29 is 29.6 Å². The molecule has 1 amide bonds. The summed E-state index contributed by atoms with van der Waals surface area (Å²) in [5.41, 5.74) is 3.79. The molecule has 0 heterocycles. The van der Waals surface area contributed by atoms with Crippen molar-refractivity contribution in [2.24, 2.45) is 0 Å². The van der Waals surface area contributed by atoms with E-state index in [1.165, 1.54) is 6.07 Å². The number of hydrogen-bond donors (Lipinski definition) is 5. The molecule has 5 N–H and O–H groups in total. The lowest BCUT2D eigenvalue weighted by Gasteiger charge is -2.14. The summed E-state index contributed by atoms with van der Waals surface area (Å²) < 4.78 is 11.5. The first-order valence-corrected chi connectivity index (χ1v) is 14.0. The van der Waals surface area contributed by atoms with E-state index in [-0.39, 0.29) is 18.3 Å². The highest BCUT2D eigenvalue weighted by Crippen LogP contribution is 2.22. The molecule has 0 spiro atoms. The Morgan fingerprint density at radius 1 is 0.950 bits per heavy atom. The number of phenols is 1. The normalized spacial score (nSPS) is 11.8. The Hall–Kier alpha value is -3.43. The molecule has 0 fully saturated rings. The number of ether oxygens (including phenoxy) is 2. The molecule has 0 aliphatic heterocycles. The van der Waals surface area contributed by atoms with Gasteiger partial charge in [-0.15, -0.1) is 0 Å². The van der Waals surface area contributed by atoms with Crippen molar-refractivity contribution in [2.75, 3.05) is 32.8 Å². The monoisotopic (exact) mass is 550 g/mol. The second-order valence-electron chi connectivity index (χ2n) is 9.72. The fraction of sp³-hybridized carbons (Fsp3) is 0.406. The van der Waals surface area contributed by atoms with Crippen LogP contribution in [0.1, 0.15) is 64.9 Å². The molecule has 0 radical (unpaired) electrons. The van der Waals surface area contributed by atoms with Gasteiger partial charge in [0.25, 0.3) is 5.91 Å². The van der Waals surface area contributed by atoms with Crippen LogP contribution in [0.5, 0.6) is 11.5 Å². The molecule has 0 bridgehead atoms. The van der Waals surface area contributed by atoms with Crippen LogP contribution in [0.15, 0.2) is 66.7 Å². The number of aliphatic hydroxyl groups excluding tert-OH is 2. The van der Waals surface area contributed by atoms with E-state index < -0.39 is 6.10 Å². The van der Waals surface area contributed by atoms with Crippen LogP contribution < -0.4 is 15.4 Å². The Morgan fingerprint density at radius 2 is 1.77 bits per heavy atom. The average molecular weight is 551 g/mol. The van der Waals surface area contributed by atoms with Crippen LogP contribution in [0.3, 0.4) is 0 Å². The van der Waals surface area contributed by atoms with E-state index in [1.54, 1.807) is 12.1 Å². The number of rotatable bonds is 18. The van der Waals surface area contributed by atoms with Crippen LogP contribution in [0, 0.1) is 0 Å². The predicted octanol–water partition coefficient (Wildman–Crippen LogP) is 4.27. The molecule has 3 rings (SSSR count). The molecule has 0 aromatic heterocycles. The maximum atomic E-state index is 12.3. The number of amides is 1. The molecule has 8 heteroatoms. The van der Waals surface area contributed by atoms with E-state index in [2.05, 4.69) is 17.6 Å². The van der Waals surface area contributed by atoms with Crippen molar-refractivity contribution in [2.45, 2.75) is 51.9 Å². The van der Waals surface area contributed by atoms with E-state index in [0.29, 0.717) is 56.1 Å². The molecule has 216 valence electrons. The van der Waals surface area contributed by atoms with Crippen molar-refractivity contribution >= 4 is 5.91 Å². The van der Waals surface area contributed by atoms with Gasteiger partial charge in [-0.3, -0.25) is 4.79 Å². The molecule has 1 atom stereocenters. The van der Waals surface area contributed by atoms with Crippen molar-refractivity contribution in [3.8, 4) is 11.5 Å². The lowest BCUT2D eigenvalue weighted by Crippen LogP contribution is -2.24. The van der Waals surface area contributed by atoms with Gasteiger partial charge in [0.05, 0.1) is 25.9 Å². The predicted molar refractivity (Wildman–Crippen MR) is 155 cm³/mol. The zero-order valence-corrected chi connectivity index (χ0v) is 23.3. The van der Waals surface area contributed by atoms with E-state index in [4.69, 9.17) is 9.47 Å². The average Bonchev–Trinajstić information content (AvgIpc) is 2.98. The molecule has 3 aromatic carbocycles. The number of hydrogen-bond acceptors (Lipinski definition) is 7. The third-order valence-electron chi connectivity index (χ3n) is 6.53. The van der Waals surface area contributed by atoms with Gasteiger partial charge in [0.2, 0.25) is 0 Å². The van der Waals surface area contributed by atoms with Crippen LogP contribution in [0.4, 0.5) is 0 Å². The number of unbranched alkanes of at least 4 members (excludes halogenated alkanes) is 2. The molecule has 8 nitrogen and oxygen atoms in total. The minimum Gasteiger partial charge on any atom is -0.508 e. The number of aromatic hydroxyl groups is 1. The van der Waals surface area contributed by atoms with E-state index in [0.717, 1.165) is 42.6 Å². The van der Waals surface area contributed by atoms with Crippen LogP contribution in [0.2, 0.25) is 0 Å². The van der Waals surface area contributed by atoms with Crippen molar-refractivity contribution in [1.29, 1.82) is 0 Å². The third-order valence-corrected chi connectivity index (χ3v) is 6.53. The Labute approximate surface area is 237 Å². The Balaban J connectivity index is 1.29. The maximum Gasteiger partial charge on any atom is 0.251 e. The van der Waals surface area contributed by atoms with E-state index >= 15 is 0 Å². The first-order valence-electron chi connectivity index (χ1n) is 14.0. The van der Waals surface area contributed by atoms with Crippen molar-refractivity contribution in [3.63, 3.8) is 0 Å². The minimum atomic E-state index is -0.729. The van der Waals surface area contributed by atoms with Gasteiger partial charge in [-0.25, -0.2) is 0 Å². The summed E-state index contributed by atoms with van der Waals surface area (Å²) >= 11 is 0. The van der Waals surface area contributed by atoms with Gasteiger partial charge in [-0.2, -0.15) is 0 Å². The zero-order valence-electron chi connectivity index (χ0n) is 23.3. The maximum absolute atomic E-state index is 12.3. The van der Waals surface area contributed by atoms with Gasteiger partial charge in [0.1, 0.15) is 18.1 Å². The first-order chi connectivity index (χ1) is 19.5. The summed E-state index contributed by atoms with van der Waals surface area (Å²) in [7, 11) is 0. The highest BCUT2D eigenvalue weighted by atomic mass is 16.5. The SMILES string of the molecule is CCCCCNC(=O)c1cccc(COCCOc2ccc(CCNC[C@@H](O)c3ccc(O)c(CO)c3)cc2)c1. The molecule has 0 aliphatic carbocycles. The molecule has 40 heavy (non-hydrogen) atoms. The summed E-state index contributed by atoms with van der Waals surface area (Å²) in [5.74, 6) is 0.737. The second kappa shape index (κ2) is 17.3. The highest BCUT2D eigenvalue weighted by Gasteiger charge is 2.10. The summed E-state index contributed by atoms with van der Waals surface area (Å²) in [6.45, 7) is 4.89. The molecular formula is C32H42N2O6. The fourth-order valence-electron chi connectivity index (χ4n) is 4.17. The van der Waals surface area contributed by atoms with E-state index in [9.17, 15) is 20.1 Å². The van der Waals surface area contributed by atoms with Gasteiger partial charge in [-0.05, 0) is 72.5 Å². The van der Waals surface area contributed by atoms with Crippen LogP contribution in [-0.2, 0) is 24.4 Å². The van der Waals surface area contributed by atoms with Gasteiger partial charge in [0, 0.05) is 24.2 Å². The number of nitrogens with one attached hydrogen (secondary N) is 2. The van der Waals surface area contributed by atoms with Crippen LogP contribution >= 0.6 is 0 Å². The quantitative estimate of drug-likeness (QED) is 0.150. The largest absolute Gasteiger partial charge is 0.508 e. The molecule has 0 aliphatic rings. The van der Waals surface area contributed by atoms with Crippen molar-refractivity contribution in [1.82, 2.24) is 10.6 Å². The topological polar surface area (TPSA) is 120 Å². The van der Waals surface area contributed by atoms with Gasteiger partial charge >= 0.3 is 0 Å². The molecular weight excluding hydrogens is 508 g/mol. The molecule has 0 unspecified atom stereocenters. The molecule has 0 saturated heterocycles. The van der Waals surface area contributed by atoms with Crippen LogP contribution in [-0.4, -0.2) is 54.1 Å². The minimum absolute atomic E-state index is 0.0208. The highest BCUT2D eigenvalue weighted by molar-refractivity contribution is 5.94. The van der Waals surface area contributed by atoms with Crippen molar-refractivity contribution in [3.05, 3.63) is 94.5 Å².